The molecule has 0 spiro atoms. The fourth-order valence-corrected chi connectivity index (χ4v) is 4.22. The Kier molecular flexibility index (Phi) is 6.39. The van der Waals surface area contributed by atoms with Gasteiger partial charge in [0.25, 0.3) is 0 Å². The van der Waals surface area contributed by atoms with E-state index in [0.29, 0.717) is 12.1 Å². The minimum atomic E-state index is 0.496. The monoisotopic (exact) mass is 296 g/mol. The van der Waals surface area contributed by atoms with Gasteiger partial charge in [0.15, 0.2) is 0 Å². The highest BCUT2D eigenvalue weighted by atomic mass is 32.2. The number of imidazole rings is 1. The van der Waals surface area contributed by atoms with Crippen LogP contribution < -0.4 is 5.32 Å². The highest BCUT2D eigenvalue weighted by Crippen LogP contribution is 2.19. The minimum Gasteiger partial charge on any atom is -0.335 e. The van der Waals surface area contributed by atoms with Gasteiger partial charge in [-0.1, -0.05) is 13.8 Å². The quantitative estimate of drug-likeness (QED) is 0.832. The Morgan fingerprint density at radius 3 is 3.05 bits per heavy atom. The van der Waals surface area contributed by atoms with Crippen LogP contribution in [0, 0.1) is 0 Å². The fourth-order valence-electron chi connectivity index (χ4n) is 2.91. The van der Waals surface area contributed by atoms with Crippen LogP contribution in [-0.4, -0.2) is 58.2 Å². The smallest absolute Gasteiger partial charge is 0.110 e. The molecule has 114 valence electrons. The van der Waals surface area contributed by atoms with Gasteiger partial charge in [0.1, 0.15) is 5.82 Å². The molecule has 2 heterocycles. The predicted molar refractivity (Wildman–Crippen MR) is 87.4 cm³/mol. The van der Waals surface area contributed by atoms with Crippen molar-refractivity contribution in [2.75, 3.05) is 31.6 Å². The highest BCUT2D eigenvalue weighted by molar-refractivity contribution is 7.99. The van der Waals surface area contributed by atoms with Crippen LogP contribution in [-0.2, 0) is 13.0 Å². The van der Waals surface area contributed by atoms with Crippen LogP contribution in [0.5, 0.6) is 0 Å². The summed E-state index contributed by atoms with van der Waals surface area (Å²) in [5, 5.41) is 3.68. The van der Waals surface area contributed by atoms with Gasteiger partial charge in [-0.05, 0) is 20.0 Å². The number of hydrogen-bond acceptors (Lipinski definition) is 4. The average molecular weight is 296 g/mol. The minimum absolute atomic E-state index is 0.496. The Morgan fingerprint density at radius 1 is 1.50 bits per heavy atom. The van der Waals surface area contributed by atoms with Crippen molar-refractivity contribution in [1.29, 1.82) is 0 Å². The van der Waals surface area contributed by atoms with Gasteiger partial charge in [0.05, 0.1) is 0 Å². The Bertz CT molecular complexity index is 393. The van der Waals surface area contributed by atoms with Crippen LogP contribution in [0.15, 0.2) is 12.4 Å². The van der Waals surface area contributed by atoms with E-state index in [1.807, 2.05) is 6.20 Å². The number of nitrogens with one attached hydrogen (secondary N) is 1. The normalized spacial score (nSPS) is 22.1. The molecule has 0 aromatic carbocycles. The second-order valence-electron chi connectivity index (χ2n) is 5.53. The molecule has 2 unspecified atom stereocenters. The molecule has 0 radical (unpaired) electrons. The molecular weight excluding hydrogens is 268 g/mol. The molecule has 0 bridgehead atoms. The molecule has 1 aromatic heterocycles. The van der Waals surface area contributed by atoms with Crippen LogP contribution >= 0.6 is 11.8 Å². The Balaban J connectivity index is 2.06. The van der Waals surface area contributed by atoms with E-state index in [4.69, 9.17) is 0 Å². The first-order valence-electron chi connectivity index (χ1n) is 7.77. The SMILES string of the molecule is CCCn1ccnc1CC(NCC)C1CSCCN1C. The molecule has 20 heavy (non-hydrogen) atoms. The molecule has 1 aromatic rings. The standard InChI is InChI=1S/C15H28N4S/c1-4-7-19-8-6-17-15(19)11-13(16-5-2)14-12-20-10-9-18(14)3/h6,8,13-14,16H,4-5,7,9-12H2,1-3H3. The number of hydrogen-bond donors (Lipinski definition) is 1. The second kappa shape index (κ2) is 8.05. The molecule has 1 saturated heterocycles. The van der Waals surface area contributed by atoms with Crippen LogP contribution in [0.25, 0.3) is 0 Å². The first-order chi connectivity index (χ1) is 9.76. The second-order valence-corrected chi connectivity index (χ2v) is 6.68. The number of likely N-dealkylation sites (N-methyl/N-ethyl adjacent to an activating group) is 2. The number of nitrogens with zero attached hydrogens (tertiary/aromatic N) is 3. The number of aromatic nitrogens is 2. The van der Waals surface area contributed by atoms with Crippen LogP contribution in [0.4, 0.5) is 0 Å². The zero-order valence-electron chi connectivity index (χ0n) is 13.0. The van der Waals surface area contributed by atoms with Crippen molar-refractivity contribution < 1.29 is 0 Å². The van der Waals surface area contributed by atoms with Crippen molar-refractivity contribution in [3.63, 3.8) is 0 Å². The molecule has 5 heteroatoms. The lowest BCUT2D eigenvalue weighted by molar-refractivity contribution is 0.212. The van der Waals surface area contributed by atoms with E-state index < -0.39 is 0 Å². The lowest BCUT2D eigenvalue weighted by atomic mass is 10.0. The summed E-state index contributed by atoms with van der Waals surface area (Å²) < 4.78 is 2.31. The number of thioether (sulfide) groups is 1. The van der Waals surface area contributed by atoms with E-state index >= 15 is 0 Å². The first-order valence-corrected chi connectivity index (χ1v) is 8.93. The number of rotatable bonds is 7. The van der Waals surface area contributed by atoms with Gasteiger partial charge in [-0.25, -0.2) is 4.98 Å². The molecule has 1 fully saturated rings. The van der Waals surface area contributed by atoms with Gasteiger partial charge in [0, 0.05) is 55.5 Å². The molecule has 2 atom stereocenters. The largest absolute Gasteiger partial charge is 0.335 e. The molecular formula is C15H28N4S. The number of aryl methyl sites for hydroxylation is 1. The summed E-state index contributed by atoms with van der Waals surface area (Å²) in [5.74, 6) is 3.71. The van der Waals surface area contributed by atoms with Crippen LogP contribution in [0.1, 0.15) is 26.1 Å². The molecule has 0 aliphatic carbocycles. The zero-order chi connectivity index (χ0) is 14.4. The van der Waals surface area contributed by atoms with Gasteiger partial charge in [-0.2, -0.15) is 11.8 Å². The molecule has 1 aliphatic heterocycles. The van der Waals surface area contributed by atoms with Crippen LogP contribution in [0.2, 0.25) is 0 Å². The van der Waals surface area contributed by atoms with Crippen LogP contribution in [0.3, 0.4) is 0 Å². The lowest BCUT2D eigenvalue weighted by Gasteiger charge is -2.38. The first kappa shape index (κ1) is 15.9. The van der Waals surface area contributed by atoms with Crippen molar-refractivity contribution in [3.05, 3.63) is 18.2 Å². The van der Waals surface area contributed by atoms with E-state index in [1.54, 1.807) is 0 Å². The predicted octanol–water partition coefficient (Wildman–Crippen LogP) is 1.86. The molecule has 0 saturated carbocycles. The topological polar surface area (TPSA) is 33.1 Å². The van der Waals surface area contributed by atoms with E-state index in [0.717, 1.165) is 25.9 Å². The average Bonchev–Trinajstić information content (AvgIpc) is 2.87. The van der Waals surface area contributed by atoms with E-state index in [2.05, 4.69) is 58.6 Å². The Labute approximate surface area is 127 Å². The lowest BCUT2D eigenvalue weighted by Crippen LogP contribution is -2.53. The fraction of sp³-hybridized carbons (Fsp3) is 0.800. The summed E-state index contributed by atoms with van der Waals surface area (Å²) in [6.45, 7) is 7.71. The third kappa shape index (κ3) is 3.99. The van der Waals surface area contributed by atoms with Crippen molar-refractivity contribution >= 4 is 11.8 Å². The van der Waals surface area contributed by atoms with Gasteiger partial charge in [-0.3, -0.25) is 0 Å². The van der Waals surface area contributed by atoms with Gasteiger partial charge < -0.3 is 14.8 Å². The van der Waals surface area contributed by atoms with Crippen molar-refractivity contribution in [2.45, 2.75) is 45.3 Å². The molecule has 4 nitrogen and oxygen atoms in total. The van der Waals surface area contributed by atoms with Gasteiger partial charge in [-0.15, -0.1) is 0 Å². The van der Waals surface area contributed by atoms with E-state index in [1.165, 1.54) is 23.9 Å². The maximum absolute atomic E-state index is 4.57. The van der Waals surface area contributed by atoms with Gasteiger partial charge in [0.2, 0.25) is 0 Å². The van der Waals surface area contributed by atoms with Gasteiger partial charge >= 0.3 is 0 Å². The Morgan fingerprint density at radius 2 is 2.35 bits per heavy atom. The maximum Gasteiger partial charge on any atom is 0.110 e. The summed E-state index contributed by atoms with van der Waals surface area (Å²) in [7, 11) is 2.26. The molecule has 0 amide bonds. The summed E-state index contributed by atoms with van der Waals surface area (Å²) in [6.07, 6.45) is 6.24. The van der Waals surface area contributed by atoms with E-state index in [-0.39, 0.29) is 0 Å². The summed E-state index contributed by atoms with van der Waals surface area (Å²) >= 11 is 2.08. The third-order valence-corrected chi connectivity index (χ3v) is 5.09. The summed E-state index contributed by atoms with van der Waals surface area (Å²) in [4.78, 5) is 7.09. The molecule has 1 aliphatic rings. The van der Waals surface area contributed by atoms with E-state index in [9.17, 15) is 0 Å². The summed E-state index contributed by atoms with van der Waals surface area (Å²) in [6, 6.07) is 1.11. The zero-order valence-corrected chi connectivity index (χ0v) is 13.8. The van der Waals surface area contributed by atoms with Crippen molar-refractivity contribution in [3.8, 4) is 0 Å². The maximum atomic E-state index is 4.57. The van der Waals surface area contributed by atoms with Crippen molar-refractivity contribution in [1.82, 2.24) is 19.8 Å². The Hall–Kier alpha value is -0.520. The summed E-state index contributed by atoms with van der Waals surface area (Å²) in [5.41, 5.74) is 0. The highest BCUT2D eigenvalue weighted by Gasteiger charge is 2.28. The molecule has 2 rings (SSSR count). The third-order valence-electron chi connectivity index (χ3n) is 4.04. The molecule has 1 N–H and O–H groups in total. The van der Waals surface area contributed by atoms with Crippen molar-refractivity contribution in [2.24, 2.45) is 0 Å².